The van der Waals surface area contributed by atoms with Crippen molar-refractivity contribution in [1.82, 2.24) is 0 Å². The summed E-state index contributed by atoms with van der Waals surface area (Å²) >= 11 is 4.11. The van der Waals surface area contributed by atoms with Crippen LogP contribution in [-0.2, 0) is 4.79 Å². The minimum atomic E-state index is -1.06. The Labute approximate surface area is 45.8 Å². The Hall–Kier alpha value is -0.880. The van der Waals surface area contributed by atoms with Gasteiger partial charge in [-0.25, -0.2) is 4.79 Å². The molecule has 0 aliphatic carbocycles. The molecule has 0 saturated carbocycles. The topological polar surface area (TPSA) is 37.3 Å². The first-order valence-electron chi connectivity index (χ1n) is 1.46. The van der Waals surface area contributed by atoms with Crippen LogP contribution in [-0.4, -0.2) is 16.1 Å². The number of hydrogen-bond acceptors (Lipinski definition) is 2. The minimum Gasteiger partial charge on any atom is -0.478 e. The molecule has 0 aliphatic heterocycles. The third-order valence-corrected chi connectivity index (χ3v) is 0.372. The zero-order chi connectivity index (χ0) is 5.70. The summed E-state index contributed by atoms with van der Waals surface area (Å²) in [5, 5.41) is 9.84. The fraction of sp³-hybridized carbons (Fsp3) is 0. The highest BCUT2D eigenvalue weighted by molar-refractivity contribution is 7.78. The highest BCUT2D eigenvalue weighted by Crippen LogP contribution is 1.59. The Morgan fingerprint density at radius 3 is 2.57 bits per heavy atom. The van der Waals surface area contributed by atoms with Crippen LogP contribution in [0.1, 0.15) is 0 Å². The van der Waals surface area contributed by atoms with E-state index in [1.54, 1.807) is 0 Å². The zero-order valence-corrected chi connectivity index (χ0v) is 4.16. The smallest absolute Gasteiger partial charge is 0.336 e. The van der Waals surface area contributed by atoms with Crippen LogP contribution in [0.3, 0.4) is 0 Å². The molecule has 0 amide bonds. The molecule has 0 aliphatic rings. The van der Waals surface area contributed by atoms with Crippen molar-refractivity contribution in [2.24, 2.45) is 0 Å². The van der Waals surface area contributed by atoms with Crippen LogP contribution in [0.2, 0.25) is 0 Å². The van der Waals surface area contributed by atoms with Crippen LogP contribution in [0.15, 0.2) is 11.8 Å². The lowest BCUT2D eigenvalue weighted by molar-refractivity contribution is -0.131. The summed E-state index contributed by atoms with van der Waals surface area (Å²) in [6.45, 7) is 0. The van der Waals surface area contributed by atoms with Gasteiger partial charge in [0.15, 0.2) is 0 Å². The number of aliphatic carboxylic acids is 1. The van der Waals surface area contributed by atoms with Crippen LogP contribution in [0.25, 0.3) is 0 Å². The number of rotatable bonds is 1. The maximum absolute atomic E-state index is 9.55. The van der Waals surface area contributed by atoms with E-state index >= 15 is 0 Å². The van der Waals surface area contributed by atoms with Gasteiger partial charge in [-0.1, -0.05) is 5.73 Å². The van der Waals surface area contributed by atoms with Gasteiger partial charge in [0, 0.05) is 5.02 Å². The SMILES string of the molecule is O=C(O)C=C=C=S. The number of carbonyl (C=O) groups is 1. The van der Waals surface area contributed by atoms with E-state index < -0.39 is 5.97 Å². The Bertz CT molecular complexity index is 149. The molecule has 0 spiro atoms. The molecule has 0 radical (unpaired) electrons. The minimum absolute atomic E-state index is 0.799. The van der Waals surface area contributed by atoms with E-state index in [-0.39, 0.29) is 0 Å². The van der Waals surface area contributed by atoms with Crippen molar-refractivity contribution in [1.29, 1.82) is 0 Å². The molecule has 1 N–H and O–H groups in total. The van der Waals surface area contributed by atoms with Gasteiger partial charge in [-0.15, -0.1) is 0 Å². The first-order valence-corrected chi connectivity index (χ1v) is 1.87. The molecule has 0 aromatic carbocycles. The molecular weight excluding hydrogens is 112 g/mol. The molecule has 0 bridgehead atoms. The third-order valence-electron chi connectivity index (χ3n) is 0.255. The van der Waals surface area contributed by atoms with Crippen molar-refractivity contribution in [3.8, 4) is 0 Å². The van der Waals surface area contributed by atoms with Gasteiger partial charge in [-0.05, 0) is 12.2 Å². The average Bonchev–Trinajstić information content (AvgIpc) is 1.61. The summed E-state index contributed by atoms with van der Waals surface area (Å²) in [6.07, 6.45) is 0.799. The van der Waals surface area contributed by atoms with Gasteiger partial charge in [0.05, 0.1) is 6.08 Å². The van der Waals surface area contributed by atoms with Gasteiger partial charge in [0.1, 0.15) is 0 Å². The summed E-state index contributed by atoms with van der Waals surface area (Å²) in [5.74, 6) is -1.06. The van der Waals surface area contributed by atoms with E-state index in [4.69, 9.17) is 5.11 Å². The zero-order valence-electron chi connectivity index (χ0n) is 3.34. The molecule has 7 heavy (non-hydrogen) atoms. The van der Waals surface area contributed by atoms with E-state index in [0.29, 0.717) is 0 Å². The molecular formula is C4H2O2S. The van der Waals surface area contributed by atoms with Crippen LogP contribution in [0.4, 0.5) is 0 Å². The largest absolute Gasteiger partial charge is 0.478 e. The molecule has 0 aromatic heterocycles. The molecule has 0 rings (SSSR count). The highest BCUT2D eigenvalue weighted by atomic mass is 32.1. The number of hydrogen-bond donors (Lipinski definition) is 1. The third kappa shape index (κ3) is 5.12. The maximum atomic E-state index is 9.55. The standard InChI is InChI=1S/C4H2O2S/c5-4(6)2-1-3-7/h2H,(H,5,6). The normalized spacial score (nSPS) is 5.71. The molecule has 3 heteroatoms. The Morgan fingerprint density at radius 2 is 2.43 bits per heavy atom. The number of thiocarbonyl (C=S) groups is 1. The van der Waals surface area contributed by atoms with Crippen molar-refractivity contribution in [3.63, 3.8) is 0 Å². The summed E-state index contributed by atoms with van der Waals surface area (Å²) in [6, 6.07) is 0. The first-order chi connectivity index (χ1) is 3.27. The molecule has 0 heterocycles. The highest BCUT2D eigenvalue weighted by Gasteiger charge is 1.77. The second-order valence-electron chi connectivity index (χ2n) is 0.729. The van der Waals surface area contributed by atoms with Gasteiger partial charge in [-0.3, -0.25) is 0 Å². The molecule has 0 unspecified atom stereocenters. The summed E-state index contributed by atoms with van der Waals surface area (Å²) in [4.78, 5) is 9.55. The van der Waals surface area contributed by atoms with Crippen LogP contribution >= 0.6 is 12.2 Å². The predicted octanol–water partition coefficient (Wildman–Crippen LogP) is 0.381. The molecule has 0 atom stereocenters. The van der Waals surface area contributed by atoms with Crippen LogP contribution in [0, 0.1) is 0 Å². The summed E-state index contributed by atoms with van der Waals surface area (Å²) in [5.41, 5.74) is 2.09. The second-order valence-corrected chi connectivity index (χ2v) is 0.933. The molecule has 0 saturated heterocycles. The molecule has 0 fully saturated rings. The van der Waals surface area contributed by atoms with E-state index in [2.05, 4.69) is 17.9 Å². The molecule has 36 valence electrons. The quantitative estimate of drug-likeness (QED) is 0.304. The van der Waals surface area contributed by atoms with E-state index in [9.17, 15) is 4.79 Å². The monoisotopic (exact) mass is 114 g/mol. The average molecular weight is 114 g/mol. The van der Waals surface area contributed by atoms with Crippen molar-refractivity contribution < 1.29 is 9.90 Å². The Balaban J connectivity index is 3.96. The fourth-order valence-electron chi connectivity index (χ4n) is 0.0912. The Kier molecular flexibility index (Phi) is 2.90. The number of carboxylic acid groups (broad SMARTS) is 1. The molecule has 2 nitrogen and oxygen atoms in total. The summed E-state index contributed by atoms with van der Waals surface area (Å²) < 4.78 is 0. The van der Waals surface area contributed by atoms with Gasteiger partial charge >= 0.3 is 5.97 Å². The van der Waals surface area contributed by atoms with E-state index in [0.717, 1.165) is 6.08 Å². The van der Waals surface area contributed by atoms with E-state index in [1.807, 2.05) is 5.02 Å². The lowest BCUT2D eigenvalue weighted by Gasteiger charge is -1.64. The van der Waals surface area contributed by atoms with Crippen molar-refractivity contribution in [2.45, 2.75) is 0 Å². The maximum Gasteiger partial charge on any atom is 0.336 e. The fourth-order valence-corrected chi connectivity index (χ4v) is 0.150. The van der Waals surface area contributed by atoms with Crippen molar-refractivity contribution in [2.75, 3.05) is 0 Å². The van der Waals surface area contributed by atoms with Crippen LogP contribution in [0.5, 0.6) is 0 Å². The van der Waals surface area contributed by atoms with Crippen LogP contribution < -0.4 is 0 Å². The van der Waals surface area contributed by atoms with Gasteiger partial charge in [0.2, 0.25) is 0 Å². The second kappa shape index (κ2) is 3.32. The number of carboxylic acids is 1. The molecule has 0 aromatic rings. The van der Waals surface area contributed by atoms with E-state index in [1.165, 1.54) is 0 Å². The first kappa shape index (κ1) is 6.12. The lowest BCUT2D eigenvalue weighted by atomic mass is 10.6. The Morgan fingerprint density at radius 1 is 1.86 bits per heavy atom. The van der Waals surface area contributed by atoms with Crippen molar-refractivity contribution >= 4 is 23.2 Å². The van der Waals surface area contributed by atoms with Gasteiger partial charge < -0.3 is 5.11 Å². The van der Waals surface area contributed by atoms with Gasteiger partial charge in [0.25, 0.3) is 0 Å². The predicted molar refractivity (Wildman–Crippen MR) is 28.3 cm³/mol. The van der Waals surface area contributed by atoms with Crippen molar-refractivity contribution in [3.05, 3.63) is 11.8 Å². The lowest BCUT2D eigenvalue weighted by Crippen LogP contribution is -1.83. The summed E-state index contributed by atoms with van der Waals surface area (Å²) in [7, 11) is 0. The van der Waals surface area contributed by atoms with Gasteiger partial charge in [-0.2, -0.15) is 0 Å².